The summed E-state index contributed by atoms with van der Waals surface area (Å²) >= 11 is 0. The number of carbonyl (C=O) groups is 1. The van der Waals surface area contributed by atoms with E-state index in [9.17, 15) is 9.36 Å². The van der Waals surface area contributed by atoms with E-state index >= 15 is 0 Å². The molecule has 1 aliphatic rings. The Morgan fingerprint density at radius 1 is 1.43 bits per heavy atom. The summed E-state index contributed by atoms with van der Waals surface area (Å²) < 4.78 is 11.0. The number of ketones is 1. The molecule has 1 saturated carbocycles. The third-order valence-corrected chi connectivity index (χ3v) is 4.59. The molecule has 4 nitrogen and oxygen atoms in total. The lowest BCUT2D eigenvalue weighted by Crippen LogP contribution is -2.31. The van der Waals surface area contributed by atoms with E-state index < -0.39 is 12.8 Å². The lowest BCUT2D eigenvalue weighted by molar-refractivity contribution is -0.121. The third kappa shape index (κ3) is 2.66. The predicted octanol–water partition coefficient (Wildman–Crippen LogP) is 1.70. The maximum absolute atomic E-state index is 11.6. The molecule has 0 radical (unpaired) electrons. The van der Waals surface area contributed by atoms with Crippen LogP contribution in [0.2, 0.25) is 0 Å². The number of hydrogen-bond acceptors (Lipinski definition) is 2. The SMILES string of the molecule is CC(C)(C(=O)CCC1CC1)P(=O)(O)O. The molecular formula is C9H17O4P. The second-order valence-electron chi connectivity index (χ2n) is 4.51. The van der Waals surface area contributed by atoms with Crippen LogP contribution in [0.1, 0.15) is 39.5 Å². The van der Waals surface area contributed by atoms with Crippen molar-refractivity contribution in [3.8, 4) is 0 Å². The van der Waals surface area contributed by atoms with Gasteiger partial charge in [0.05, 0.1) is 0 Å². The second kappa shape index (κ2) is 3.76. The molecule has 0 unspecified atom stereocenters. The highest BCUT2D eigenvalue weighted by atomic mass is 31.2. The molecule has 82 valence electrons. The monoisotopic (exact) mass is 220 g/mol. The smallest absolute Gasteiger partial charge is 0.324 e. The topological polar surface area (TPSA) is 74.6 Å². The summed E-state index contributed by atoms with van der Waals surface area (Å²) in [5.74, 6) is 0.296. The van der Waals surface area contributed by atoms with Gasteiger partial charge in [0.15, 0.2) is 5.78 Å². The molecule has 1 fully saturated rings. The normalized spacial score (nSPS) is 18.3. The van der Waals surface area contributed by atoms with Crippen molar-refractivity contribution in [3.63, 3.8) is 0 Å². The molecule has 0 atom stereocenters. The van der Waals surface area contributed by atoms with E-state index in [2.05, 4.69) is 0 Å². The molecule has 5 heteroatoms. The first-order valence-corrected chi connectivity index (χ1v) is 6.45. The minimum Gasteiger partial charge on any atom is -0.324 e. The molecule has 0 aromatic heterocycles. The van der Waals surface area contributed by atoms with Gasteiger partial charge in [-0.3, -0.25) is 9.36 Å². The molecule has 0 bridgehead atoms. The Labute approximate surface area is 83.9 Å². The summed E-state index contributed by atoms with van der Waals surface area (Å²) in [7, 11) is -4.31. The van der Waals surface area contributed by atoms with Gasteiger partial charge in [0.25, 0.3) is 0 Å². The van der Waals surface area contributed by atoms with Crippen molar-refractivity contribution in [2.75, 3.05) is 0 Å². The van der Waals surface area contributed by atoms with Crippen molar-refractivity contribution in [2.45, 2.75) is 44.7 Å². The molecule has 0 amide bonds. The molecule has 0 heterocycles. The van der Waals surface area contributed by atoms with E-state index in [1.54, 1.807) is 0 Å². The number of rotatable bonds is 5. The molecule has 1 aliphatic carbocycles. The second-order valence-corrected chi connectivity index (χ2v) is 6.71. The van der Waals surface area contributed by atoms with Gasteiger partial charge >= 0.3 is 7.60 Å². The average Bonchev–Trinajstić information content (AvgIpc) is 2.80. The molecule has 14 heavy (non-hydrogen) atoms. The number of hydrogen-bond donors (Lipinski definition) is 2. The lowest BCUT2D eigenvalue weighted by Gasteiger charge is -2.23. The van der Waals surface area contributed by atoms with E-state index in [0.29, 0.717) is 12.3 Å². The van der Waals surface area contributed by atoms with E-state index in [1.807, 2.05) is 0 Å². The van der Waals surface area contributed by atoms with Gasteiger partial charge in [-0.05, 0) is 26.2 Å². The Bertz CT molecular complexity index is 275. The van der Waals surface area contributed by atoms with Gasteiger partial charge in [-0.25, -0.2) is 0 Å². The summed E-state index contributed by atoms with van der Waals surface area (Å²) in [5, 5.41) is -1.51. The van der Waals surface area contributed by atoms with Gasteiger partial charge in [0.1, 0.15) is 5.16 Å². The average molecular weight is 220 g/mol. The summed E-state index contributed by atoms with van der Waals surface area (Å²) in [6.07, 6.45) is 3.39. The van der Waals surface area contributed by atoms with Crippen LogP contribution >= 0.6 is 7.60 Å². The van der Waals surface area contributed by atoms with E-state index in [4.69, 9.17) is 9.79 Å². The minimum atomic E-state index is -4.31. The zero-order valence-electron chi connectivity index (χ0n) is 8.56. The van der Waals surface area contributed by atoms with Crippen LogP contribution in [0.3, 0.4) is 0 Å². The van der Waals surface area contributed by atoms with Crippen molar-refractivity contribution in [2.24, 2.45) is 5.92 Å². The largest absolute Gasteiger partial charge is 0.338 e. The lowest BCUT2D eigenvalue weighted by atomic mass is 10.0. The van der Waals surface area contributed by atoms with Crippen LogP contribution in [0.15, 0.2) is 0 Å². The highest BCUT2D eigenvalue weighted by molar-refractivity contribution is 7.54. The maximum Gasteiger partial charge on any atom is 0.338 e. The molecule has 0 aromatic rings. The molecule has 0 aliphatic heterocycles. The number of carbonyl (C=O) groups excluding carboxylic acids is 1. The molecule has 2 N–H and O–H groups in total. The third-order valence-electron chi connectivity index (χ3n) is 2.89. The van der Waals surface area contributed by atoms with Crippen LogP contribution < -0.4 is 0 Å². The first-order valence-electron chi connectivity index (χ1n) is 4.84. The fourth-order valence-electron chi connectivity index (χ4n) is 1.21. The fraction of sp³-hybridized carbons (Fsp3) is 0.889. The van der Waals surface area contributed by atoms with Crippen LogP contribution in [0.4, 0.5) is 0 Å². The van der Waals surface area contributed by atoms with Gasteiger partial charge in [-0.15, -0.1) is 0 Å². The van der Waals surface area contributed by atoms with Crippen LogP contribution in [0.25, 0.3) is 0 Å². The zero-order valence-corrected chi connectivity index (χ0v) is 9.46. The predicted molar refractivity (Wildman–Crippen MR) is 53.1 cm³/mol. The summed E-state index contributed by atoms with van der Waals surface area (Å²) in [6.45, 7) is 2.64. The number of Topliss-reactive ketones (excluding diaryl/α,β-unsaturated/α-hetero) is 1. The first kappa shape index (κ1) is 11.9. The van der Waals surface area contributed by atoms with Gasteiger partial charge in [-0.2, -0.15) is 0 Å². The Morgan fingerprint density at radius 2 is 1.93 bits per heavy atom. The Morgan fingerprint density at radius 3 is 2.29 bits per heavy atom. The zero-order chi connectivity index (χ0) is 11.0. The molecule has 0 saturated heterocycles. The van der Waals surface area contributed by atoms with Gasteiger partial charge in [0.2, 0.25) is 0 Å². The van der Waals surface area contributed by atoms with E-state index in [-0.39, 0.29) is 5.78 Å². The van der Waals surface area contributed by atoms with Crippen LogP contribution in [-0.2, 0) is 9.36 Å². The maximum atomic E-state index is 11.6. The highest BCUT2D eigenvalue weighted by Crippen LogP contribution is 2.51. The van der Waals surface area contributed by atoms with E-state index in [0.717, 1.165) is 19.3 Å². The molecule has 1 rings (SSSR count). The van der Waals surface area contributed by atoms with Crippen molar-refractivity contribution in [1.82, 2.24) is 0 Å². The molecule has 0 aromatic carbocycles. The summed E-state index contributed by atoms with van der Waals surface area (Å²) in [4.78, 5) is 29.5. The van der Waals surface area contributed by atoms with Crippen LogP contribution in [0, 0.1) is 5.92 Å². The molecule has 0 spiro atoms. The summed E-state index contributed by atoms with van der Waals surface area (Å²) in [5.41, 5.74) is 0. The van der Waals surface area contributed by atoms with Gasteiger partial charge in [-0.1, -0.05) is 12.8 Å². The van der Waals surface area contributed by atoms with Gasteiger partial charge in [0, 0.05) is 6.42 Å². The fourth-order valence-corrected chi connectivity index (χ4v) is 1.65. The first-order chi connectivity index (χ1) is 6.25. The standard InChI is InChI=1S/C9H17O4P/c1-9(2,14(11,12)13)8(10)6-5-7-3-4-7/h7H,3-6H2,1-2H3,(H2,11,12,13). The minimum absolute atomic E-state index is 0.294. The van der Waals surface area contributed by atoms with Gasteiger partial charge < -0.3 is 9.79 Å². The van der Waals surface area contributed by atoms with Crippen LogP contribution in [-0.4, -0.2) is 20.7 Å². The van der Waals surface area contributed by atoms with Crippen molar-refractivity contribution in [3.05, 3.63) is 0 Å². The Balaban J connectivity index is 2.52. The van der Waals surface area contributed by atoms with Crippen LogP contribution in [0.5, 0.6) is 0 Å². The quantitative estimate of drug-likeness (QED) is 0.691. The van der Waals surface area contributed by atoms with Crippen molar-refractivity contribution in [1.29, 1.82) is 0 Å². The Hall–Kier alpha value is -0.180. The Kier molecular flexibility index (Phi) is 3.20. The molecular weight excluding hydrogens is 203 g/mol. The van der Waals surface area contributed by atoms with Crippen molar-refractivity contribution < 1.29 is 19.1 Å². The highest BCUT2D eigenvalue weighted by Gasteiger charge is 2.44. The van der Waals surface area contributed by atoms with Crippen molar-refractivity contribution >= 4 is 13.4 Å². The van der Waals surface area contributed by atoms with E-state index in [1.165, 1.54) is 13.8 Å². The summed E-state index contributed by atoms with van der Waals surface area (Å²) in [6, 6.07) is 0.